The molecule has 1 rings (SSSR count). The van der Waals surface area contributed by atoms with E-state index in [-0.39, 0.29) is 18.6 Å². The molecule has 1 saturated heterocycles. The summed E-state index contributed by atoms with van der Waals surface area (Å²) in [4.78, 5) is 25.0. The van der Waals surface area contributed by atoms with Gasteiger partial charge in [0.15, 0.2) is 0 Å². The van der Waals surface area contributed by atoms with E-state index < -0.39 is 6.03 Å². The maximum Gasteiger partial charge on any atom is 0.321 e. The zero-order valence-electron chi connectivity index (χ0n) is 11.4. The van der Waals surface area contributed by atoms with Gasteiger partial charge in [0.2, 0.25) is 5.91 Å². The number of imide groups is 1. The van der Waals surface area contributed by atoms with E-state index in [2.05, 4.69) is 10.6 Å². The zero-order valence-corrected chi connectivity index (χ0v) is 11.4. The van der Waals surface area contributed by atoms with Gasteiger partial charge in [-0.2, -0.15) is 0 Å². The molecule has 0 bridgehead atoms. The third-order valence-corrected chi connectivity index (χ3v) is 2.62. The molecule has 1 fully saturated rings. The zero-order chi connectivity index (χ0) is 13.5. The van der Waals surface area contributed by atoms with Gasteiger partial charge in [-0.3, -0.25) is 15.0 Å². The third-order valence-electron chi connectivity index (χ3n) is 2.62. The Hall–Kier alpha value is -1.14. The maximum atomic E-state index is 11.6. The number of urea groups is 1. The van der Waals surface area contributed by atoms with Crippen molar-refractivity contribution in [1.29, 1.82) is 0 Å². The van der Waals surface area contributed by atoms with E-state index in [1.807, 2.05) is 25.7 Å². The Morgan fingerprint density at radius 2 is 2.17 bits per heavy atom. The lowest BCUT2D eigenvalue weighted by Crippen LogP contribution is -2.49. The number of rotatable bonds is 4. The lowest BCUT2D eigenvalue weighted by atomic mass is 10.2. The molecule has 3 amide bonds. The molecule has 0 saturated carbocycles. The number of morpholine rings is 1. The van der Waals surface area contributed by atoms with Gasteiger partial charge in [0, 0.05) is 19.6 Å². The van der Waals surface area contributed by atoms with Gasteiger partial charge in [-0.1, -0.05) is 13.8 Å². The number of ether oxygens (including phenoxy) is 1. The first-order chi connectivity index (χ1) is 8.47. The summed E-state index contributed by atoms with van der Waals surface area (Å²) in [7, 11) is 0. The van der Waals surface area contributed by atoms with Gasteiger partial charge in [-0.25, -0.2) is 4.79 Å². The Morgan fingerprint density at radius 3 is 2.78 bits per heavy atom. The number of hydrogen-bond acceptors (Lipinski definition) is 4. The van der Waals surface area contributed by atoms with Gasteiger partial charge >= 0.3 is 6.03 Å². The fraction of sp³-hybridized carbons (Fsp3) is 0.833. The highest BCUT2D eigenvalue weighted by Gasteiger charge is 2.19. The highest BCUT2D eigenvalue weighted by molar-refractivity contribution is 5.95. The molecule has 1 heterocycles. The second kappa shape index (κ2) is 7.33. The lowest BCUT2D eigenvalue weighted by molar-refractivity contribution is -0.122. The number of nitrogens with one attached hydrogen (secondary N) is 2. The topological polar surface area (TPSA) is 70.7 Å². The van der Waals surface area contributed by atoms with Gasteiger partial charge in [0.25, 0.3) is 0 Å². The summed E-state index contributed by atoms with van der Waals surface area (Å²) in [5.41, 5.74) is 0. The van der Waals surface area contributed by atoms with E-state index in [1.165, 1.54) is 0 Å². The summed E-state index contributed by atoms with van der Waals surface area (Å²) >= 11 is 0. The van der Waals surface area contributed by atoms with Crippen LogP contribution >= 0.6 is 0 Å². The summed E-state index contributed by atoms with van der Waals surface area (Å²) in [5, 5.41) is 4.97. The van der Waals surface area contributed by atoms with Gasteiger partial charge in [-0.05, 0) is 12.8 Å². The van der Waals surface area contributed by atoms with Crippen molar-refractivity contribution in [1.82, 2.24) is 15.5 Å². The fourth-order valence-corrected chi connectivity index (χ4v) is 1.74. The van der Waals surface area contributed by atoms with E-state index in [1.54, 1.807) is 0 Å². The second-order valence-corrected chi connectivity index (χ2v) is 5.07. The highest BCUT2D eigenvalue weighted by atomic mass is 16.5. The summed E-state index contributed by atoms with van der Waals surface area (Å²) in [6.45, 7) is 8.85. The molecule has 18 heavy (non-hydrogen) atoms. The van der Waals surface area contributed by atoms with Crippen LogP contribution in [0.5, 0.6) is 0 Å². The molecule has 2 N–H and O–H groups in total. The van der Waals surface area contributed by atoms with E-state index in [4.69, 9.17) is 4.74 Å². The van der Waals surface area contributed by atoms with Crippen LogP contribution in [0.15, 0.2) is 0 Å². The Labute approximate surface area is 108 Å². The molecule has 1 atom stereocenters. The minimum atomic E-state index is -0.421. The molecule has 1 unspecified atom stereocenters. The maximum absolute atomic E-state index is 11.6. The second-order valence-electron chi connectivity index (χ2n) is 5.07. The van der Waals surface area contributed by atoms with Crippen LogP contribution in [-0.2, 0) is 9.53 Å². The molecule has 0 aromatic rings. The average molecular weight is 257 g/mol. The van der Waals surface area contributed by atoms with Crippen molar-refractivity contribution >= 4 is 11.9 Å². The summed E-state index contributed by atoms with van der Waals surface area (Å²) in [5.74, 6) is 0.0938. The number of nitrogens with zero attached hydrogens (tertiary/aromatic N) is 1. The first-order valence-corrected chi connectivity index (χ1v) is 6.39. The van der Waals surface area contributed by atoms with Crippen LogP contribution in [0.1, 0.15) is 20.8 Å². The standard InChI is InChI=1S/C12H23N3O3/c1-9(2)6-13-12(17)14-11(16)8-15-4-5-18-10(3)7-15/h9-10H,4-8H2,1-3H3,(H2,13,14,16,17). The van der Waals surface area contributed by atoms with Crippen molar-refractivity contribution < 1.29 is 14.3 Å². The molecule has 6 nitrogen and oxygen atoms in total. The van der Waals surface area contributed by atoms with Crippen LogP contribution < -0.4 is 10.6 Å². The Morgan fingerprint density at radius 1 is 1.44 bits per heavy atom. The first kappa shape index (κ1) is 14.9. The van der Waals surface area contributed by atoms with Crippen LogP contribution in [-0.4, -0.2) is 55.7 Å². The normalized spacial score (nSPS) is 20.8. The van der Waals surface area contributed by atoms with Crippen LogP contribution in [0.25, 0.3) is 0 Å². The number of carbonyl (C=O) groups excluding carboxylic acids is 2. The molecule has 0 spiro atoms. The van der Waals surface area contributed by atoms with Crippen molar-refractivity contribution in [3.05, 3.63) is 0 Å². The SMILES string of the molecule is CC(C)CNC(=O)NC(=O)CN1CCOC(C)C1. The van der Waals surface area contributed by atoms with Crippen molar-refractivity contribution in [2.75, 3.05) is 32.8 Å². The van der Waals surface area contributed by atoms with E-state index in [0.717, 1.165) is 13.1 Å². The predicted molar refractivity (Wildman–Crippen MR) is 68.2 cm³/mol. The number of hydrogen-bond donors (Lipinski definition) is 2. The van der Waals surface area contributed by atoms with Gasteiger partial charge in [-0.15, -0.1) is 0 Å². The van der Waals surface area contributed by atoms with E-state index in [9.17, 15) is 9.59 Å². The Kier molecular flexibility index (Phi) is 6.07. The minimum absolute atomic E-state index is 0.140. The van der Waals surface area contributed by atoms with E-state index in [0.29, 0.717) is 19.1 Å². The molecule has 104 valence electrons. The number of carbonyl (C=O) groups is 2. The van der Waals surface area contributed by atoms with Crippen LogP contribution in [0.3, 0.4) is 0 Å². The first-order valence-electron chi connectivity index (χ1n) is 6.39. The van der Waals surface area contributed by atoms with Gasteiger partial charge in [0.05, 0.1) is 19.3 Å². The molecule has 0 aromatic carbocycles. The average Bonchev–Trinajstić information content (AvgIpc) is 2.26. The molecule has 1 aliphatic heterocycles. The molecule has 1 aliphatic rings. The molecular formula is C12H23N3O3. The highest BCUT2D eigenvalue weighted by Crippen LogP contribution is 2.03. The molecular weight excluding hydrogens is 234 g/mol. The molecule has 0 aliphatic carbocycles. The smallest absolute Gasteiger partial charge is 0.321 e. The monoisotopic (exact) mass is 257 g/mol. The minimum Gasteiger partial charge on any atom is -0.376 e. The van der Waals surface area contributed by atoms with Crippen LogP contribution in [0.4, 0.5) is 4.79 Å². The van der Waals surface area contributed by atoms with Crippen LogP contribution in [0, 0.1) is 5.92 Å². The molecule has 0 aromatic heterocycles. The van der Waals surface area contributed by atoms with Crippen molar-refractivity contribution in [3.8, 4) is 0 Å². The quantitative estimate of drug-likeness (QED) is 0.754. The fourth-order valence-electron chi connectivity index (χ4n) is 1.74. The largest absolute Gasteiger partial charge is 0.376 e. The summed E-state index contributed by atoms with van der Waals surface area (Å²) < 4.78 is 5.38. The van der Waals surface area contributed by atoms with Crippen molar-refractivity contribution in [3.63, 3.8) is 0 Å². The number of amides is 3. The Balaban J connectivity index is 2.22. The molecule has 0 radical (unpaired) electrons. The summed E-state index contributed by atoms with van der Waals surface area (Å²) in [6, 6.07) is -0.421. The van der Waals surface area contributed by atoms with Crippen molar-refractivity contribution in [2.24, 2.45) is 5.92 Å². The summed E-state index contributed by atoms with van der Waals surface area (Å²) in [6.07, 6.45) is 0.140. The van der Waals surface area contributed by atoms with Gasteiger partial charge < -0.3 is 10.1 Å². The third kappa shape index (κ3) is 5.97. The predicted octanol–water partition coefficient (Wildman–Crippen LogP) is 0.189. The van der Waals surface area contributed by atoms with Crippen LogP contribution in [0.2, 0.25) is 0 Å². The van der Waals surface area contributed by atoms with Gasteiger partial charge in [0.1, 0.15) is 0 Å². The van der Waals surface area contributed by atoms with Crippen molar-refractivity contribution in [2.45, 2.75) is 26.9 Å². The lowest BCUT2D eigenvalue weighted by Gasteiger charge is -2.30. The molecule has 6 heteroatoms. The van der Waals surface area contributed by atoms with E-state index >= 15 is 0 Å². The Bertz CT molecular complexity index is 294.